The molecule has 3 rings (SSSR count). The Morgan fingerprint density at radius 1 is 1.12 bits per heavy atom. The van der Waals surface area contributed by atoms with Gasteiger partial charge in [-0.3, -0.25) is 4.79 Å². The molecule has 0 amide bonds. The average Bonchev–Trinajstić information content (AvgIpc) is 3.05. The minimum atomic E-state index is -0.848. The molecule has 7 heteroatoms. The molecule has 1 heterocycles. The number of thiazole rings is 1. The summed E-state index contributed by atoms with van der Waals surface area (Å²) in [6.45, 7) is 0. The van der Waals surface area contributed by atoms with Crippen molar-refractivity contribution in [2.45, 2.75) is 9.24 Å². The lowest BCUT2D eigenvalue weighted by Crippen LogP contribution is -1.96. The number of benzene rings is 2. The number of hydrogen-bond acceptors (Lipinski definition) is 5. The Morgan fingerprint density at radius 3 is 2.36 bits per heavy atom. The number of aromatic nitrogens is 1. The van der Waals surface area contributed by atoms with Crippen LogP contribution < -0.4 is 0 Å². The molecule has 0 radical (unpaired) electrons. The molecule has 0 saturated heterocycles. The van der Waals surface area contributed by atoms with Crippen LogP contribution in [0.5, 0.6) is 0 Å². The van der Waals surface area contributed by atoms with Crippen molar-refractivity contribution in [2.24, 2.45) is 0 Å². The zero-order chi connectivity index (χ0) is 17.8. The number of halogens is 1. The number of carboxylic acids is 1. The van der Waals surface area contributed by atoms with Crippen molar-refractivity contribution in [3.63, 3.8) is 0 Å². The van der Waals surface area contributed by atoms with Gasteiger partial charge in [0, 0.05) is 15.5 Å². The SMILES string of the molecule is CSc1ccc(-c2nc(SCC(=O)O)sc2-c2ccc(Cl)cc2)cc1. The molecule has 0 bridgehead atoms. The monoisotopic (exact) mass is 407 g/mol. The van der Waals surface area contributed by atoms with Crippen molar-refractivity contribution < 1.29 is 9.90 Å². The molecule has 128 valence electrons. The highest BCUT2D eigenvalue weighted by Crippen LogP contribution is 2.40. The summed E-state index contributed by atoms with van der Waals surface area (Å²) in [6, 6.07) is 15.8. The van der Waals surface area contributed by atoms with E-state index in [1.54, 1.807) is 11.8 Å². The third kappa shape index (κ3) is 4.58. The Morgan fingerprint density at radius 2 is 1.76 bits per heavy atom. The fourth-order valence-electron chi connectivity index (χ4n) is 2.23. The predicted molar refractivity (Wildman–Crippen MR) is 108 cm³/mol. The van der Waals surface area contributed by atoms with Crippen LogP contribution in [0, 0.1) is 0 Å². The van der Waals surface area contributed by atoms with E-state index in [1.807, 2.05) is 42.7 Å². The molecule has 2 aromatic carbocycles. The van der Waals surface area contributed by atoms with Gasteiger partial charge in [0.1, 0.15) is 0 Å². The summed E-state index contributed by atoms with van der Waals surface area (Å²) < 4.78 is 0.747. The van der Waals surface area contributed by atoms with Gasteiger partial charge in [0.25, 0.3) is 0 Å². The number of thioether (sulfide) groups is 2. The smallest absolute Gasteiger partial charge is 0.313 e. The third-order valence-electron chi connectivity index (χ3n) is 3.40. The number of aliphatic carboxylic acids is 1. The summed E-state index contributed by atoms with van der Waals surface area (Å²) in [5.74, 6) is -0.850. The number of carboxylic acid groups (broad SMARTS) is 1. The summed E-state index contributed by atoms with van der Waals surface area (Å²) in [5, 5.41) is 9.59. The van der Waals surface area contributed by atoms with Crippen molar-refractivity contribution in [3.8, 4) is 21.7 Å². The zero-order valence-electron chi connectivity index (χ0n) is 13.2. The minimum absolute atomic E-state index is 0.00156. The van der Waals surface area contributed by atoms with Gasteiger partial charge >= 0.3 is 5.97 Å². The number of hydrogen-bond donors (Lipinski definition) is 1. The van der Waals surface area contributed by atoms with E-state index in [4.69, 9.17) is 16.7 Å². The third-order valence-corrected chi connectivity index (χ3v) is 6.62. The lowest BCUT2D eigenvalue weighted by Gasteiger charge is -2.04. The van der Waals surface area contributed by atoms with Gasteiger partial charge in [-0.25, -0.2) is 4.98 Å². The number of carbonyl (C=O) groups is 1. The second kappa shape index (κ2) is 8.27. The summed E-state index contributed by atoms with van der Waals surface area (Å²) in [7, 11) is 0. The van der Waals surface area contributed by atoms with Crippen LogP contribution in [0.25, 0.3) is 21.7 Å². The van der Waals surface area contributed by atoms with Gasteiger partial charge in [0.05, 0.1) is 16.3 Å². The van der Waals surface area contributed by atoms with Gasteiger partial charge in [-0.05, 0) is 36.1 Å². The van der Waals surface area contributed by atoms with Crippen LogP contribution in [-0.2, 0) is 4.79 Å². The Hall–Kier alpha value is -1.47. The second-order valence-electron chi connectivity index (χ2n) is 5.08. The van der Waals surface area contributed by atoms with Crippen molar-refractivity contribution in [3.05, 3.63) is 53.6 Å². The first kappa shape index (κ1) is 18.3. The highest BCUT2D eigenvalue weighted by molar-refractivity contribution is 8.01. The Balaban J connectivity index is 2.03. The molecular formula is C18H14ClNO2S3. The van der Waals surface area contributed by atoms with E-state index in [9.17, 15) is 4.79 Å². The minimum Gasteiger partial charge on any atom is -0.481 e. The van der Waals surface area contributed by atoms with Crippen LogP contribution in [-0.4, -0.2) is 28.1 Å². The molecule has 0 saturated carbocycles. The molecule has 0 aliphatic rings. The summed E-state index contributed by atoms with van der Waals surface area (Å²) in [5.41, 5.74) is 2.90. The van der Waals surface area contributed by atoms with Crippen LogP contribution >= 0.6 is 46.5 Å². The van der Waals surface area contributed by atoms with Gasteiger partial charge in [-0.15, -0.1) is 23.1 Å². The van der Waals surface area contributed by atoms with Gasteiger partial charge in [0.15, 0.2) is 4.34 Å². The van der Waals surface area contributed by atoms with Crippen LogP contribution in [0.4, 0.5) is 0 Å². The largest absolute Gasteiger partial charge is 0.481 e. The van der Waals surface area contributed by atoms with E-state index in [2.05, 4.69) is 17.1 Å². The van der Waals surface area contributed by atoms with Crippen molar-refractivity contribution >= 4 is 52.4 Å². The van der Waals surface area contributed by atoms with Crippen molar-refractivity contribution in [1.29, 1.82) is 0 Å². The van der Waals surface area contributed by atoms with Gasteiger partial charge in [-0.1, -0.05) is 47.6 Å². The highest BCUT2D eigenvalue weighted by atomic mass is 35.5. The van der Waals surface area contributed by atoms with Crippen LogP contribution in [0.1, 0.15) is 0 Å². The Kier molecular flexibility index (Phi) is 6.06. The molecule has 1 N–H and O–H groups in total. The number of nitrogens with zero attached hydrogens (tertiary/aromatic N) is 1. The van der Waals surface area contributed by atoms with Gasteiger partial charge in [0.2, 0.25) is 0 Å². The molecule has 3 aromatic rings. The van der Waals surface area contributed by atoms with E-state index in [-0.39, 0.29) is 5.75 Å². The van der Waals surface area contributed by atoms with E-state index in [0.29, 0.717) is 5.02 Å². The summed E-state index contributed by atoms with van der Waals surface area (Å²) in [6.07, 6.45) is 2.04. The maximum atomic E-state index is 10.9. The van der Waals surface area contributed by atoms with Crippen molar-refractivity contribution in [2.75, 3.05) is 12.0 Å². The maximum absolute atomic E-state index is 10.9. The lowest BCUT2D eigenvalue weighted by molar-refractivity contribution is -0.133. The molecule has 0 aliphatic carbocycles. The quantitative estimate of drug-likeness (QED) is 0.505. The Labute approximate surface area is 163 Å². The van der Waals surface area contributed by atoms with Crippen LogP contribution in [0.15, 0.2) is 57.8 Å². The molecule has 1 aromatic heterocycles. The van der Waals surface area contributed by atoms with Crippen LogP contribution in [0.2, 0.25) is 5.02 Å². The van der Waals surface area contributed by atoms with Crippen molar-refractivity contribution in [1.82, 2.24) is 4.98 Å². The fraction of sp³-hybridized carbons (Fsp3) is 0.111. The fourth-order valence-corrected chi connectivity index (χ4v) is 4.65. The van der Waals surface area contributed by atoms with Gasteiger partial charge < -0.3 is 5.11 Å². The molecule has 0 unspecified atom stereocenters. The predicted octanol–water partition coefficient (Wildman–Crippen LogP) is 6.03. The number of rotatable bonds is 6. The maximum Gasteiger partial charge on any atom is 0.313 e. The zero-order valence-corrected chi connectivity index (χ0v) is 16.4. The first-order valence-electron chi connectivity index (χ1n) is 7.32. The van der Waals surface area contributed by atoms with E-state index in [0.717, 1.165) is 26.0 Å². The first-order chi connectivity index (χ1) is 12.1. The first-order valence-corrected chi connectivity index (χ1v) is 10.7. The van der Waals surface area contributed by atoms with E-state index in [1.165, 1.54) is 28.0 Å². The molecule has 0 fully saturated rings. The van der Waals surface area contributed by atoms with E-state index < -0.39 is 5.97 Å². The molecule has 0 atom stereocenters. The molecule has 0 spiro atoms. The lowest BCUT2D eigenvalue weighted by atomic mass is 10.1. The topological polar surface area (TPSA) is 50.2 Å². The second-order valence-corrected chi connectivity index (χ2v) is 8.61. The average molecular weight is 408 g/mol. The Bertz CT molecular complexity index is 876. The van der Waals surface area contributed by atoms with Crippen LogP contribution in [0.3, 0.4) is 0 Å². The molecule has 0 aliphatic heterocycles. The highest BCUT2D eigenvalue weighted by Gasteiger charge is 2.16. The normalized spacial score (nSPS) is 10.8. The molecule has 25 heavy (non-hydrogen) atoms. The standard InChI is InChI=1S/C18H14ClNO2S3/c1-23-14-8-4-11(5-9-14)16-17(12-2-6-13(19)7-3-12)25-18(20-16)24-10-15(21)22/h2-9H,10H2,1H3,(H,21,22). The molecular weight excluding hydrogens is 394 g/mol. The molecule has 3 nitrogen and oxygen atoms in total. The summed E-state index contributed by atoms with van der Waals surface area (Å²) >= 11 is 10.4. The van der Waals surface area contributed by atoms with E-state index >= 15 is 0 Å². The summed E-state index contributed by atoms with van der Waals surface area (Å²) in [4.78, 5) is 17.7. The van der Waals surface area contributed by atoms with Gasteiger partial charge in [-0.2, -0.15) is 0 Å².